The van der Waals surface area contributed by atoms with E-state index in [-0.39, 0.29) is 0 Å². The predicted octanol–water partition coefficient (Wildman–Crippen LogP) is 1.70. The van der Waals surface area contributed by atoms with Crippen molar-refractivity contribution in [1.82, 2.24) is 5.43 Å². The van der Waals surface area contributed by atoms with E-state index in [0.29, 0.717) is 10.0 Å². The minimum absolute atomic E-state index is 0.623. The number of hydrogen-bond donors (Lipinski definition) is 2. The van der Waals surface area contributed by atoms with Crippen molar-refractivity contribution >= 4 is 45.8 Å². The van der Waals surface area contributed by atoms with Gasteiger partial charge in [-0.15, -0.1) is 0 Å². The van der Waals surface area contributed by atoms with Gasteiger partial charge in [0.25, 0.3) is 0 Å². The summed E-state index contributed by atoms with van der Waals surface area (Å²) < 4.78 is 5.37. The smallest absolute Gasteiger partial charge is 0.177 e. The summed E-state index contributed by atoms with van der Waals surface area (Å²) in [6, 6.07) is 5.47. The van der Waals surface area contributed by atoms with Gasteiger partial charge in [-0.3, -0.25) is 10.4 Å². The second-order valence-electron chi connectivity index (χ2n) is 5.74. The molecule has 1 fully saturated rings. The van der Waals surface area contributed by atoms with E-state index in [1.165, 1.54) is 0 Å². The molecule has 0 aromatic heterocycles. The molecule has 2 N–H and O–H groups in total. The van der Waals surface area contributed by atoms with Gasteiger partial charge in [-0.05, 0) is 12.1 Å². The molecule has 0 saturated carbocycles. The molecule has 1 saturated heterocycles. The van der Waals surface area contributed by atoms with Gasteiger partial charge in [-0.25, -0.2) is 0 Å². The first kappa shape index (κ1) is 18.0. The zero-order chi connectivity index (χ0) is 16.8. The Morgan fingerprint density at radius 1 is 1.29 bits per heavy atom. The maximum atomic E-state index is 6.23. The second kappa shape index (κ2) is 9.06. The van der Waals surface area contributed by atoms with Crippen molar-refractivity contribution in [2.24, 2.45) is 10.1 Å². The molecule has 0 atom stereocenters. The summed E-state index contributed by atoms with van der Waals surface area (Å²) >= 11 is 13.8. The third-order valence-electron chi connectivity index (χ3n) is 4.02. The minimum atomic E-state index is 0.623. The summed E-state index contributed by atoms with van der Waals surface area (Å²) in [6.45, 7) is 5.96. The van der Waals surface area contributed by atoms with E-state index in [2.05, 4.69) is 15.5 Å². The second-order valence-corrected chi connectivity index (χ2v) is 7.54. The average molecular weight is 388 g/mol. The number of halogens is 2. The fourth-order valence-electron chi connectivity index (χ4n) is 2.68. The van der Waals surface area contributed by atoms with Gasteiger partial charge in [-0.1, -0.05) is 41.0 Å². The van der Waals surface area contributed by atoms with Gasteiger partial charge in [-0.2, -0.15) is 5.10 Å². The van der Waals surface area contributed by atoms with Crippen molar-refractivity contribution in [2.45, 2.75) is 6.42 Å². The Labute approximate surface area is 156 Å². The molecule has 2 aliphatic heterocycles. The number of quaternary nitrogens is 1. The first-order chi connectivity index (χ1) is 11.7. The van der Waals surface area contributed by atoms with Gasteiger partial charge in [0.05, 0.1) is 30.5 Å². The van der Waals surface area contributed by atoms with Gasteiger partial charge in [0.15, 0.2) is 5.17 Å². The molecule has 3 rings (SSSR count). The van der Waals surface area contributed by atoms with Gasteiger partial charge < -0.3 is 9.64 Å². The molecule has 2 aliphatic rings. The van der Waals surface area contributed by atoms with Crippen molar-refractivity contribution in [1.29, 1.82) is 0 Å². The lowest BCUT2D eigenvalue weighted by Gasteiger charge is -2.23. The normalized spacial score (nSPS) is 20.8. The molecule has 0 amide bonds. The number of thioether (sulfide) groups is 1. The quantitative estimate of drug-likeness (QED) is 0.755. The van der Waals surface area contributed by atoms with Crippen LogP contribution in [-0.2, 0) is 4.74 Å². The highest BCUT2D eigenvalue weighted by atomic mass is 35.5. The number of ether oxygens (including phenoxy) is 1. The van der Waals surface area contributed by atoms with E-state index in [9.17, 15) is 0 Å². The molecule has 0 unspecified atom stereocenters. The topological polar surface area (TPSA) is 50.4 Å². The van der Waals surface area contributed by atoms with Gasteiger partial charge in [0, 0.05) is 29.3 Å². The molecule has 130 valence electrons. The van der Waals surface area contributed by atoms with Crippen LogP contribution in [0.3, 0.4) is 0 Å². The Morgan fingerprint density at radius 3 is 2.83 bits per heavy atom. The minimum Gasteiger partial charge on any atom is -0.370 e. The molecule has 5 nitrogen and oxygen atoms in total. The molecule has 0 radical (unpaired) electrons. The van der Waals surface area contributed by atoms with E-state index in [1.807, 2.05) is 12.1 Å². The molecule has 1 aromatic rings. The van der Waals surface area contributed by atoms with Crippen LogP contribution < -0.4 is 10.3 Å². The van der Waals surface area contributed by atoms with E-state index in [0.717, 1.165) is 68.0 Å². The number of nitrogens with one attached hydrogen (secondary N) is 2. The van der Waals surface area contributed by atoms with Crippen LogP contribution in [0.15, 0.2) is 28.3 Å². The highest BCUT2D eigenvalue weighted by molar-refractivity contribution is 8.14. The number of hydrogen-bond acceptors (Lipinski definition) is 4. The SMILES string of the molecule is Clc1ccc(C2=NNC(=NCCC[NH+]3CCOCC3)SC2)c(Cl)c1. The number of hydrazone groups is 1. The fourth-order valence-corrected chi connectivity index (χ4v) is 3.98. The van der Waals surface area contributed by atoms with Crippen LogP contribution in [-0.4, -0.2) is 56.0 Å². The summed E-state index contributed by atoms with van der Waals surface area (Å²) in [4.78, 5) is 6.21. The van der Waals surface area contributed by atoms with Crippen LogP contribution in [0.4, 0.5) is 0 Å². The zero-order valence-electron chi connectivity index (χ0n) is 13.4. The highest BCUT2D eigenvalue weighted by Gasteiger charge is 2.16. The summed E-state index contributed by atoms with van der Waals surface area (Å²) in [5, 5.41) is 6.53. The fraction of sp³-hybridized carbons (Fsp3) is 0.500. The number of aliphatic imine (C=N–C) groups is 1. The first-order valence-electron chi connectivity index (χ1n) is 8.09. The monoisotopic (exact) mass is 387 g/mol. The van der Waals surface area contributed by atoms with Crippen LogP contribution in [0.5, 0.6) is 0 Å². The molecule has 0 bridgehead atoms. The van der Waals surface area contributed by atoms with Crippen LogP contribution in [0, 0.1) is 0 Å². The first-order valence-corrected chi connectivity index (χ1v) is 9.83. The summed E-state index contributed by atoms with van der Waals surface area (Å²) in [7, 11) is 0. The summed E-state index contributed by atoms with van der Waals surface area (Å²) in [5.74, 6) is 0.752. The molecule has 0 spiro atoms. The molecular weight excluding hydrogens is 367 g/mol. The van der Waals surface area contributed by atoms with Crippen molar-refractivity contribution in [3.05, 3.63) is 33.8 Å². The summed E-state index contributed by atoms with van der Waals surface area (Å²) in [5.41, 5.74) is 4.86. The Bertz CT molecular complexity index is 633. The Hall–Kier alpha value is -0.790. The number of nitrogens with zero attached hydrogens (tertiary/aromatic N) is 2. The van der Waals surface area contributed by atoms with E-state index < -0.39 is 0 Å². The Morgan fingerprint density at radius 2 is 2.12 bits per heavy atom. The van der Waals surface area contributed by atoms with Gasteiger partial charge >= 0.3 is 0 Å². The van der Waals surface area contributed by atoms with E-state index in [1.54, 1.807) is 22.7 Å². The number of amidine groups is 1. The highest BCUT2D eigenvalue weighted by Crippen LogP contribution is 2.24. The third kappa shape index (κ3) is 5.10. The van der Waals surface area contributed by atoms with Crippen molar-refractivity contribution in [3.63, 3.8) is 0 Å². The number of morpholine rings is 1. The number of rotatable bonds is 5. The lowest BCUT2D eigenvalue weighted by molar-refractivity contribution is -0.908. The standard InChI is InChI=1S/C16H20Cl2N4OS/c17-12-2-3-13(14(18)10-12)15-11-24-16(21-20-15)19-4-1-5-22-6-8-23-9-7-22/h2-3,10H,1,4-9,11H2,(H,19,21)/p+1. The third-order valence-corrected chi connectivity index (χ3v) is 5.48. The Kier molecular flexibility index (Phi) is 6.80. The molecule has 8 heteroatoms. The lowest BCUT2D eigenvalue weighted by atomic mass is 10.1. The van der Waals surface area contributed by atoms with E-state index in [4.69, 9.17) is 27.9 Å². The molecular formula is C16H21Cl2N4OS+. The van der Waals surface area contributed by atoms with Crippen LogP contribution in [0.1, 0.15) is 12.0 Å². The van der Waals surface area contributed by atoms with Crippen molar-refractivity contribution < 1.29 is 9.64 Å². The zero-order valence-corrected chi connectivity index (χ0v) is 15.7. The molecule has 0 aliphatic carbocycles. The van der Waals surface area contributed by atoms with Gasteiger partial charge in [0.1, 0.15) is 13.1 Å². The van der Waals surface area contributed by atoms with Crippen LogP contribution in [0.2, 0.25) is 10.0 Å². The van der Waals surface area contributed by atoms with Crippen molar-refractivity contribution in [3.8, 4) is 0 Å². The van der Waals surface area contributed by atoms with Gasteiger partial charge in [0.2, 0.25) is 0 Å². The largest absolute Gasteiger partial charge is 0.370 e. The van der Waals surface area contributed by atoms with Crippen LogP contribution in [0.25, 0.3) is 0 Å². The van der Waals surface area contributed by atoms with E-state index >= 15 is 0 Å². The predicted molar refractivity (Wildman–Crippen MR) is 102 cm³/mol. The molecule has 24 heavy (non-hydrogen) atoms. The maximum absolute atomic E-state index is 6.23. The number of benzene rings is 1. The molecule has 1 aromatic carbocycles. The Balaban J connectivity index is 1.47. The van der Waals surface area contributed by atoms with Crippen LogP contribution >= 0.6 is 35.0 Å². The summed E-state index contributed by atoms with van der Waals surface area (Å²) in [6.07, 6.45) is 1.08. The maximum Gasteiger partial charge on any atom is 0.177 e. The molecule has 2 heterocycles. The lowest BCUT2D eigenvalue weighted by Crippen LogP contribution is -3.14. The van der Waals surface area contributed by atoms with Crippen molar-refractivity contribution in [2.75, 3.05) is 45.1 Å². The average Bonchev–Trinajstić information content (AvgIpc) is 2.60.